The summed E-state index contributed by atoms with van der Waals surface area (Å²) in [5.41, 5.74) is 4.19. The maximum absolute atomic E-state index is 12.7. The van der Waals surface area contributed by atoms with E-state index < -0.39 is 0 Å². The Hall–Kier alpha value is -3.87. The van der Waals surface area contributed by atoms with Crippen LogP contribution in [0.25, 0.3) is 10.6 Å². The van der Waals surface area contributed by atoms with E-state index in [0.717, 1.165) is 25.9 Å². The highest BCUT2D eigenvalue weighted by atomic mass is 32.2. The predicted molar refractivity (Wildman–Crippen MR) is 128 cm³/mol. The molecule has 0 radical (unpaired) electrons. The number of carbonyl (C=O) groups excluding carboxylic acids is 2. The number of thiazole rings is 1. The molecule has 0 saturated heterocycles. The lowest BCUT2D eigenvalue weighted by Crippen LogP contribution is -2.22. The molecule has 7 nitrogen and oxygen atoms in total. The average Bonchev–Trinajstić information content (AvgIpc) is 3.42. The number of nitrogens with zero attached hydrogens (tertiary/aromatic N) is 3. The van der Waals surface area contributed by atoms with E-state index in [9.17, 15) is 9.59 Å². The molecule has 0 atom stereocenters. The number of hydrogen-bond acceptors (Lipinski definition) is 6. The van der Waals surface area contributed by atoms with Crippen molar-refractivity contribution in [3.8, 4) is 16.6 Å². The first-order valence-electron chi connectivity index (χ1n) is 10.1. The lowest BCUT2D eigenvalue weighted by Gasteiger charge is -2.09. The zero-order valence-corrected chi connectivity index (χ0v) is 19.1. The van der Waals surface area contributed by atoms with E-state index >= 15 is 0 Å². The fourth-order valence-corrected chi connectivity index (χ4v) is 5.29. The van der Waals surface area contributed by atoms with E-state index in [1.807, 2.05) is 41.4 Å². The van der Waals surface area contributed by atoms with Crippen molar-refractivity contribution >= 4 is 40.8 Å². The molecular formula is C24H17N5O2S2. The summed E-state index contributed by atoms with van der Waals surface area (Å²) >= 11 is 2.92. The number of anilines is 1. The number of rotatable bonds is 4. The number of aryl methyl sites for hydroxylation is 1. The molecular weight excluding hydrogens is 454 g/mol. The van der Waals surface area contributed by atoms with Crippen LogP contribution in [0.2, 0.25) is 0 Å². The molecule has 0 aliphatic carbocycles. The van der Waals surface area contributed by atoms with Crippen molar-refractivity contribution in [3.05, 3.63) is 88.2 Å². The van der Waals surface area contributed by atoms with Crippen LogP contribution in [0, 0.1) is 18.3 Å². The lowest BCUT2D eigenvalue weighted by molar-refractivity contribution is 0.0949. The fourth-order valence-electron chi connectivity index (χ4n) is 3.43. The van der Waals surface area contributed by atoms with Crippen LogP contribution in [-0.2, 0) is 6.54 Å². The van der Waals surface area contributed by atoms with Crippen LogP contribution in [-0.4, -0.2) is 20.8 Å². The molecule has 2 N–H and O–H groups in total. The Balaban J connectivity index is 1.27. The van der Waals surface area contributed by atoms with Gasteiger partial charge in [0.2, 0.25) is 0 Å². The molecule has 2 amide bonds. The first-order valence-corrected chi connectivity index (χ1v) is 11.7. The van der Waals surface area contributed by atoms with Gasteiger partial charge in [0.25, 0.3) is 11.8 Å². The number of hydrogen-bond donors (Lipinski definition) is 2. The molecule has 2 aromatic heterocycles. The van der Waals surface area contributed by atoms with Crippen LogP contribution in [0.1, 0.15) is 36.9 Å². The number of aromatic nitrogens is 2. The molecule has 9 heteroatoms. The van der Waals surface area contributed by atoms with E-state index in [1.54, 1.807) is 30.5 Å². The van der Waals surface area contributed by atoms with Gasteiger partial charge in [-0.3, -0.25) is 13.6 Å². The van der Waals surface area contributed by atoms with Crippen LogP contribution < -0.4 is 10.6 Å². The Morgan fingerprint density at radius 1 is 1.21 bits per heavy atom. The highest BCUT2D eigenvalue weighted by Gasteiger charge is 2.21. The molecule has 1 aliphatic rings. The zero-order chi connectivity index (χ0) is 22.9. The van der Waals surface area contributed by atoms with Crippen LogP contribution in [0.15, 0.2) is 65.8 Å². The zero-order valence-electron chi connectivity index (χ0n) is 17.5. The Morgan fingerprint density at radius 2 is 2.03 bits per heavy atom. The molecule has 1 aliphatic heterocycles. The smallest absolute Gasteiger partial charge is 0.273 e. The summed E-state index contributed by atoms with van der Waals surface area (Å²) in [6.45, 7) is 2.29. The third kappa shape index (κ3) is 4.26. The highest BCUT2D eigenvalue weighted by Crippen LogP contribution is 2.34. The molecule has 0 saturated carbocycles. The van der Waals surface area contributed by atoms with Gasteiger partial charge in [0, 0.05) is 28.4 Å². The summed E-state index contributed by atoms with van der Waals surface area (Å²) < 4.78 is 1.84. The Bertz CT molecular complexity index is 1430. The number of benzene rings is 2. The Morgan fingerprint density at radius 3 is 2.82 bits per heavy atom. The van der Waals surface area contributed by atoms with Crippen LogP contribution in [0.3, 0.4) is 0 Å². The Labute approximate surface area is 198 Å². The molecule has 0 spiro atoms. The second-order valence-electron chi connectivity index (χ2n) is 7.49. The topological polar surface area (TPSA) is 99.8 Å². The van der Waals surface area contributed by atoms with E-state index in [2.05, 4.69) is 21.7 Å². The molecule has 162 valence electrons. The Kier molecular flexibility index (Phi) is 5.46. The van der Waals surface area contributed by atoms with Gasteiger partial charge in [0.1, 0.15) is 10.7 Å². The molecule has 0 unspecified atom stereocenters. The van der Waals surface area contributed by atoms with E-state index in [0.29, 0.717) is 29.1 Å². The van der Waals surface area contributed by atoms with Gasteiger partial charge in [-0.25, -0.2) is 4.98 Å². The molecule has 0 fully saturated rings. The highest BCUT2D eigenvalue weighted by molar-refractivity contribution is 7.98. The normalized spacial score (nSPS) is 12.2. The number of amides is 2. The quantitative estimate of drug-likeness (QED) is 0.444. The van der Waals surface area contributed by atoms with Gasteiger partial charge in [-0.1, -0.05) is 12.1 Å². The van der Waals surface area contributed by atoms with Crippen molar-refractivity contribution in [1.82, 2.24) is 14.3 Å². The maximum atomic E-state index is 12.7. The summed E-state index contributed by atoms with van der Waals surface area (Å²) in [5.74, 6) is -0.433. The summed E-state index contributed by atoms with van der Waals surface area (Å²) in [4.78, 5) is 31.5. The molecule has 0 bridgehead atoms. The van der Waals surface area contributed by atoms with Gasteiger partial charge in [-0.05, 0) is 60.8 Å². The molecule has 5 rings (SSSR count). The van der Waals surface area contributed by atoms with Crippen molar-refractivity contribution in [3.63, 3.8) is 0 Å². The summed E-state index contributed by atoms with van der Waals surface area (Å²) in [7, 11) is 0. The number of nitriles is 1. The minimum atomic E-state index is -0.231. The first-order chi connectivity index (χ1) is 16.0. The molecule has 3 heterocycles. The van der Waals surface area contributed by atoms with Gasteiger partial charge in [0.05, 0.1) is 28.8 Å². The van der Waals surface area contributed by atoms with Crippen molar-refractivity contribution < 1.29 is 9.59 Å². The largest absolute Gasteiger partial charge is 0.347 e. The van der Waals surface area contributed by atoms with Crippen molar-refractivity contribution in [2.75, 3.05) is 5.32 Å². The second-order valence-corrected chi connectivity index (χ2v) is 9.62. The van der Waals surface area contributed by atoms with Gasteiger partial charge < -0.3 is 10.6 Å². The predicted octanol–water partition coefficient (Wildman–Crippen LogP) is 4.84. The molecule has 4 aromatic rings. The van der Waals surface area contributed by atoms with Gasteiger partial charge in [0.15, 0.2) is 0 Å². The molecule has 33 heavy (non-hydrogen) atoms. The first kappa shape index (κ1) is 21.0. The minimum absolute atomic E-state index is 0.202. The summed E-state index contributed by atoms with van der Waals surface area (Å²) in [6.07, 6.45) is 3.65. The monoisotopic (exact) mass is 471 g/mol. The van der Waals surface area contributed by atoms with Gasteiger partial charge in [-0.2, -0.15) is 5.26 Å². The standard InChI is InChI=1S/C24H17N5O2S2/c1-14-8-20-23(31)28-19-9-17(6-7-21(19)33-29(20)13-14)22(30)26-11-18-12-27-24(32-18)16-4-2-15(10-25)3-5-16/h2-9,12-13H,11H2,1H3,(H,26,30)(H,28,31). The second kappa shape index (κ2) is 8.58. The summed E-state index contributed by atoms with van der Waals surface area (Å²) in [5, 5.41) is 15.6. The number of carbonyl (C=O) groups is 2. The fraction of sp³-hybridized carbons (Fsp3) is 0.0833. The number of nitrogens with one attached hydrogen (secondary N) is 2. The van der Waals surface area contributed by atoms with Gasteiger partial charge >= 0.3 is 0 Å². The van der Waals surface area contributed by atoms with Crippen LogP contribution in [0.4, 0.5) is 5.69 Å². The number of fused-ring (bicyclic) bond motifs is 2. The van der Waals surface area contributed by atoms with Crippen molar-refractivity contribution in [1.29, 1.82) is 5.26 Å². The third-order valence-electron chi connectivity index (χ3n) is 5.08. The lowest BCUT2D eigenvalue weighted by atomic mass is 10.1. The van der Waals surface area contributed by atoms with Crippen LogP contribution in [0.5, 0.6) is 0 Å². The van der Waals surface area contributed by atoms with Gasteiger partial charge in [-0.15, -0.1) is 11.3 Å². The van der Waals surface area contributed by atoms with Crippen LogP contribution >= 0.6 is 23.3 Å². The van der Waals surface area contributed by atoms with E-state index in [4.69, 9.17) is 5.26 Å². The third-order valence-corrected chi connectivity index (χ3v) is 7.18. The molecule has 2 aromatic carbocycles. The average molecular weight is 472 g/mol. The van der Waals surface area contributed by atoms with E-state index in [-0.39, 0.29) is 11.8 Å². The SMILES string of the molecule is Cc1cc2n(c1)Sc1ccc(C(=O)NCc3cnc(-c4ccc(C#N)cc4)s3)cc1NC2=O. The van der Waals surface area contributed by atoms with E-state index in [1.165, 1.54) is 23.3 Å². The summed E-state index contributed by atoms with van der Waals surface area (Å²) in [6, 6.07) is 16.5. The van der Waals surface area contributed by atoms with Crippen molar-refractivity contribution in [2.45, 2.75) is 18.4 Å². The minimum Gasteiger partial charge on any atom is -0.347 e. The van der Waals surface area contributed by atoms with Crippen molar-refractivity contribution in [2.24, 2.45) is 0 Å². The maximum Gasteiger partial charge on any atom is 0.273 e.